The largest absolute Gasteiger partial charge is 0.205 e. The second-order valence-corrected chi connectivity index (χ2v) is 11.8. The van der Waals surface area contributed by atoms with Crippen LogP contribution in [-0.4, -0.2) is 0 Å². The summed E-state index contributed by atoms with van der Waals surface area (Å²) < 4.78 is 27.3. The molecular formula is C32H43ClF2. The molecule has 2 saturated carbocycles. The monoisotopic (exact) mass is 500 g/mol. The van der Waals surface area contributed by atoms with E-state index in [1.54, 1.807) is 0 Å². The SMILES string of the molecule is CCCC[C@H]1CC[C@H](CC[C@H]2CC[C@H](c3ccc(CCc4cc(F)c(Cl)c(F)c4)cc3)CC2)CC1. The molecule has 0 aromatic heterocycles. The second-order valence-electron chi connectivity index (χ2n) is 11.4. The van der Waals surface area contributed by atoms with Gasteiger partial charge in [0.2, 0.25) is 0 Å². The van der Waals surface area contributed by atoms with Crippen molar-refractivity contribution in [3.05, 3.63) is 69.7 Å². The van der Waals surface area contributed by atoms with Crippen molar-refractivity contribution in [1.82, 2.24) is 0 Å². The molecule has 2 aliphatic rings. The molecule has 0 unspecified atom stereocenters. The number of unbranched alkanes of at least 4 members (excludes halogenated alkanes) is 1. The predicted octanol–water partition coefficient (Wildman–Crippen LogP) is 10.5. The summed E-state index contributed by atoms with van der Waals surface area (Å²) in [5, 5.41) is -0.419. The van der Waals surface area contributed by atoms with Crippen molar-refractivity contribution in [2.24, 2.45) is 17.8 Å². The van der Waals surface area contributed by atoms with Gasteiger partial charge in [0.15, 0.2) is 0 Å². The highest BCUT2D eigenvalue weighted by atomic mass is 35.5. The number of halogens is 3. The van der Waals surface area contributed by atoms with Crippen molar-refractivity contribution in [3.63, 3.8) is 0 Å². The van der Waals surface area contributed by atoms with Crippen molar-refractivity contribution in [2.75, 3.05) is 0 Å². The van der Waals surface area contributed by atoms with Crippen LogP contribution in [0.5, 0.6) is 0 Å². The summed E-state index contributed by atoms with van der Waals surface area (Å²) >= 11 is 5.59. The first-order valence-corrected chi connectivity index (χ1v) is 14.6. The molecule has 3 heteroatoms. The molecule has 0 spiro atoms. The lowest BCUT2D eigenvalue weighted by Gasteiger charge is -2.32. The van der Waals surface area contributed by atoms with Crippen LogP contribution in [0.2, 0.25) is 5.02 Å². The minimum atomic E-state index is -0.678. The summed E-state index contributed by atoms with van der Waals surface area (Å²) in [6.45, 7) is 2.31. The Kier molecular flexibility index (Phi) is 10.1. The van der Waals surface area contributed by atoms with Crippen LogP contribution in [0.25, 0.3) is 0 Å². The maximum absolute atomic E-state index is 13.7. The van der Waals surface area contributed by atoms with E-state index in [0.717, 1.165) is 24.2 Å². The summed E-state index contributed by atoms with van der Waals surface area (Å²) in [7, 11) is 0. The van der Waals surface area contributed by atoms with Crippen LogP contribution in [0.1, 0.15) is 113 Å². The maximum Gasteiger partial charge on any atom is 0.145 e. The highest BCUT2D eigenvalue weighted by molar-refractivity contribution is 6.30. The minimum Gasteiger partial charge on any atom is -0.205 e. The molecule has 2 aromatic carbocycles. The van der Waals surface area contributed by atoms with Crippen LogP contribution < -0.4 is 0 Å². The van der Waals surface area contributed by atoms with Gasteiger partial charge in [-0.05, 0) is 91.0 Å². The highest BCUT2D eigenvalue weighted by Gasteiger charge is 2.25. The van der Waals surface area contributed by atoms with Gasteiger partial charge in [0.1, 0.15) is 16.7 Å². The first kappa shape index (κ1) is 26.6. The molecular weight excluding hydrogens is 458 g/mol. The third-order valence-corrected chi connectivity index (χ3v) is 9.32. The van der Waals surface area contributed by atoms with E-state index in [-0.39, 0.29) is 0 Å². The van der Waals surface area contributed by atoms with E-state index in [1.807, 2.05) is 0 Å². The van der Waals surface area contributed by atoms with Gasteiger partial charge in [-0.2, -0.15) is 0 Å². The van der Waals surface area contributed by atoms with Crippen molar-refractivity contribution < 1.29 is 8.78 Å². The van der Waals surface area contributed by atoms with Crippen LogP contribution >= 0.6 is 11.6 Å². The van der Waals surface area contributed by atoms with E-state index in [4.69, 9.17) is 11.6 Å². The Labute approximate surface area is 216 Å². The van der Waals surface area contributed by atoms with E-state index in [0.29, 0.717) is 17.9 Å². The van der Waals surface area contributed by atoms with Gasteiger partial charge in [0.25, 0.3) is 0 Å². The summed E-state index contributed by atoms with van der Waals surface area (Å²) in [5.74, 6) is 2.29. The lowest BCUT2D eigenvalue weighted by molar-refractivity contribution is 0.222. The fraction of sp³-hybridized carbons (Fsp3) is 0.625. The average Bonchev–Trinajstić information content (AvgIpc) is 2.89. The third kappa shape index (κ3) is 7.78. The smallest absolute Gasteiger partial charge is 0.145 e. The summed E-state index contributed by atoms with van der Waals surface area (Å²) in [6.07, 6.45) is 19.9. The van der Waals surface area contributed by atoms with Crippen molar-refractivity contribution in [2.45, 2.75) is 109 Å². The molecule has 0 atom stereocenters. The molecule has 2 fully saturated rings. The number of benzene rings is 2. The second kappa shape index (κ2) is 13.2. The number of hydrogen-bond donors (Lipinski definition) is 0. The van der Waals surface area contributed by atoms with Gasteiger partial charge in [-0.15, -0.1) is 0 Å². The van der Waals surface area contributed by atoms with Crippen LogP contribution in [0.3, 0.4) is 0 Å². The Bertz CT molecular complexity index is 883. The van der Waals surface area contributed by atoms with Crippen molar-refractivity contribution in [1.29, 1.82) is 0 Å². The topological polar surface area (TPSA) is 0 Å². The van der Waals surface area contributed by atoms with E-state index in [1.165, 1.54) is 107 Å². The van der Waals surface area contributed by atoms with Gasteiger partial charge in [-0.3, -0.25) is 0 Å². The molecule has 4 rings (SSSR count). The molecule has 0 radical (unpaired) electrons. The van der Waals surface area contributed by atoms with Crippen LogP contribution in [-0.2, 0) is 12.8 Å². The number of rotatable bonds is 10. The summed E-state index contributed by atoms with van der Waals surface area (Å²) in [4.78, 5) is 0. The molecule has 0 heterocycles. The Morgan fingerprint density at radius 2 is 1.17 bits per heavy atom. The molecule has 0 amide bonds. The standard InChI is InChI=1S/C32H43ClF2/c1-2-3-4-23-5-7-24(8-6-23)9-10-25-13-17-28(18-14-25)29-19-15-26(16-20-29)11-12-27-21-30(34)32(33)31(35)22-27/h15-16,19-25,28H,2-14,17-18H2,1H3/t23-,24-,25-,28-. The fourth-order valence-electron chi connectivity index (χ4n) is 6.55. The van der Waals surface area contributed by atoms with Gasteiger partial charge >= 0.3 is 0 Å². The van der Waals surface area contributed by atoms with E-state index in [9.17, 15) is 8.78 Å². The first-order chi connectivity index (χ1) is 17.0. The predicted molar refractivity (Wildman–Crippen MR) is 144 cm³/mol. The maximum atomic E-state index is 13.7. The molecule has 0 aliphatic heterocycles. The zero-order valence-corrected chi connectivity index (χ0v) is 22.3. The molecule has 0 saturated heterocycles. The van der Waals surface area contributed by atoms with Gasteiger partial charge in [-0.25, -0.2) is 8.78 Å². The lowest BCUT2D eigenvalue weighted by atomic mass is 9.74. The summed E-state index contributed by atoms with van der Waals surface area (Å²) in [6, 6.07) is 11.6. The van der Waals surface area contributed by atoms with Crippen molar-refractivity contribution in [3.8, 4) is 0 Å². The lowest BCUT2D eigenvalue weighted by Crippen LogP contribution is -2.17. The minimum absolute atomic E-state index is 0.419. The fourth-order valence-corrected chi connectivity index (χ4v) is 6.66. The quantitative estimate of drug-likeness (QED) is 0.284. The third-order valence-electron chi connectivity index (χ3n) is 8.96. The summed E-state index contributed by atoms with van der Waals surface area (Å²) in [5.41, 5.74) is 3.32. The zero-order valence-electron chi connectivity index (χ0n) is 21.5. The Morgan fingerprint density at radius 1 is 0.686 bits per heavy atom. The molecule has 192 valence electrons. The van der Waals surface area contributed by atoms with Gasteiger partial charge < -0.3 is 0 Å². The van der Waals surface area contributed by atoms with Crippen LogP contribution in [0.15, 0.2) is 36.4 Å². The Balaban J connectivity index is 1.16. The van der Waals surface area contributed by atoms with Crippen LogP contribution in [0, 0.1) is 29.4 Å². The Morgan fingerprint density at radius 3 is 1.71 bits per heavy atom. The molecule has 0 N–H and O–H groups in total. The van der Waals surface area contributed by atoms with Crippen LogP contribution in [0.4, 0.5) is 8.78 Å². The number of hydrogen-bond acceptors (Lipinski definition) is 0. The van der Waals surface area contributed by atoms with E-state index in [2.05, 4.69) is 31.2 Å². The highest BCUT2D eigenvalue weighted by Crippen LogP contribution is 2.40. The first-order valence-electron chi connectivity index (χ1n) is 14.2. The van der Waals surface area contributed by atoms with Gasteiger partial charge in [-0.1, -0.05) is 101 Å². The molecule has 0 bridgehead atoms. The number of aryl methyl sites for hydroxylation is 2. The van der Waals surface area contributed by atoms with Gasteiger partial charge in [0, 0.05) is 0 Å². The molecule has 2 aromatic rings. The molecule has 2 aliphatic carbocycles. The van der Waals surface area contributed by atoms with E-state index >= 15 is 0 Å². The van der Waals surface area contributed by atoms with Crippen molar-refractivity contribution >= 4 is 11.6 Å². The van der Waals surface area contributed by atoms with E-state index < -0.39 is 16.7 Å². The average molecular weight is 501 g/mol. The normalized spacial score (nSPS) is 25.0. The zero-order chi connectivity index (χ0) is 24.6. The molecule has 0 nitrogen and oxygen atoms in total. The van der Waals surface area contributed by atoms with Gasteiger partial charge in [0.05, 0.1) is 0 Å². The molecule has 35 heavy (non-hydrogen) atoms. The Hall–Kier alpha value is -1.41.